The normalized spacial score (nSPS) is 19.0. The van der Waals surface area contributed by atoms with Gasteiger partial charge in [-0.3, -0.25) is 4.98 Å². The van der Waals surface area contributed by atoms with Crippen molar-refractivity contribution < 1.29 is 0 Å². The van der Waals surface area contributed by atoms with E-state index in [4.69, 9.17) is 0 Å². The molecule has 2 nitrogen and oxygen atoms in total. The van der Waals surface area contributed by atoms with Gasteiger partial charge in [-0.1, -0.05) is 6.42 Å². The average Bonchev–Trinajstić information content (AvgIpc) is 2.26. The molecule has 1 aliphatic rings. The molecule has 1 aromatic heterocycles. The third-order valence-corrected chi connectivity index (χ3v) is 5.86. The molecule has 0 amide bonds. The van der Waals surface area contributed by atoms with Crippen molar-refractivity contribution in [1.29, 1.82) is 0 Å². The zero-order chi connectivity index (χ0) is 14.0. The highest BCUT2D eigenvalue weighted by Crippen LogP contribution is 2.42. The number of hydrogen-bond acceptors (Lipinski definition) is 3. The molecule has 0 radical (unpaired) electrons. The zero-order valence-corrected chi connectivity index (χ0v) is 13.7. The first-order valence-corrected chi connectivity index (χ1v) is 8.43. The Kier molecular flexibility index (Phi) is 4.57. The van der Waals surface area contributed by atoms with Crippen molar-refractivity contribution in [3.05, 3.63) is 28.6 Å². The molecule has 1 fully saturated rings. The van der Waals surface area contributed by atoms with E-state index in [0.717, 1.165) is 12.2 Å². The highest BCUT2D eigenvalue weighted by atomic mass is 32.2. The van der Waals surface area contributed by atoms with Gasteiger partial charge in [0, 0.05) is 28.7 Å². The molecular weight excluding hydrogens is 252 g/mol. The first-order valence-electron chi connectivity index (χ1n) is 7.21. The summed E-state index contributed by atoms with van der Waals surface area (Å²) in [5.74, 6) is 0. The Labute approximate surface area is 121 Å². The Morgan fingerprint density at radius 1 is 1.37 bits per heavy atom. The Bertz CT molecular complexity index is 424. The molecular formula is C16H26N2S. The van der Waals surface area contributed by atoms with Crippen LogP contribution in [-0.4, -0.2) is 22.5 Å². The summed E-state index contributed by atoms with van der Waals surface area (Å²) in [6, 6.07) is 2.58. The number of rotatable bonds is 5. The summed E-state index contributed by atoms with van der Waals surface area (Å²) in [4.78, 5) is 4.61. The maximum atomic E-state index is 4.61. The summed E-state index contributed by atoms with van der Waals surface area (Å²) in [5.41, 5.74) is 5.02. The molecule has 0 spiro atoms. The monoisotopic (exact) mass is 278 g/mol. The highest BCUT2D eigenvalue weighted by molar-refractivity contribution is 8.00. The summed E-state index contributed by atoms with van der Waals surface area (Å²) in [7, 11) is 0. The Balaban J connectivity index is 2.06. The van der Waals surface area contributed by atoms with Crippen molar-refractivity contribution in [3.63, 3.8) is 0 Å². The van der Waals surface area contributed by atoms with Gasteiger partial charge in [-0.15, -0.1) is 0 Å². The Morgan fingerprint density at radius 3 is 2.53 bits per heavy atom. The molecule has 3 heteroatoms. The van der Waals surface area contributed by atoms with Crippen molar-refractivity contribution in [2.45, 2.75) is 57.7 Å². The molecule has 1 atom stereocenters. The standard InChI is InChI=1S/C16H26N2S/c1-11-9-12(2)18-14(4)15(11)13(3)17-10-16(19-5)7-6-8-16/h9,13,17H,6-8,10H2,1-5H3. The van der Waals surface area contributed by atoms with Gasteiger partial charge in [0.2, 0.25) is 0 Å². The predicted octanol–water partition coefficient (Wildman–Crippen LogP) is 3.94. The quantitative estimate of drug-likeness (QED) is 0.883. The third kappa shape index (κ3) is 3.14. The average molecular weight is 278 g/mol. The van der Waals surface area contributed by atoms with Gasteiger partial charge in [-0.25, -0.2) is 0 Å². The van der Waals surface area contributed by atoms with Gasteiger partial charge >= 0.3 is 0 Å². The molecule has 1 heterocycles. The van der Waals surface area contributed by atoms with Crippen LogP contribution in [0.5, 0.6) is 0 Å². The first-order chi connectivity index (χ1) is 8.97. The van der Waals surface area contributed by atoms with Crippen molar-refractivity contribution in [2.24, 2.45) is 0 Å². The van der Waals surface area contributed by atoms with Crippen molar-refractivity contribution in [2.75, 3.05) is 12.8 Å². The van der Waals surface area contributed by atoms with Crippen LogP contribution in [0.15, 0.2) is 6.07 Å². The van der Waals surface area contributed by atoms with Crippen molar-refractivity contribution in [1.82, 2.24) is 10.3 Å². The molecule has 0 saturated heterocycles. The maximum absolute atomic E-state index is 4.61. The van der Waals surface area contributed by atoms with Crippen LogP contribution in [0.4, 0.5) is 0 Å². The fourth-order valence-electron chi connectivity index (χ4n) is 3.15. The molecule has 19 heavy (non-hydrogen) atoms. The minimum atomic E-state index is 0.387. The number of nitrogens with one attached hydrogen (secondary N) is 1. The summed E-state index contributed by atoms with van der Waals surface area (Å²) in [6.07, 6.45) is 6.35. The number of hydrogen-bond donors (Lipinski definition) is 1. The summed E-state index contributed by atoms with van der Waals surface area (Å²) in [5, 5.41) is 3.73. The van der Waals surface area contributed by atoms with E-state index < -0.39 is 0 Å². The van der Waals surface area contributed by atoms with E-state index in [-0.39, 0.29) is 0 Å². The van der Waals surface area contributed by atoms with Crippen molar-refractivity contribution in [3.8, 4) is 0 Å². The van der Waals surface area contributed by atoms with Gasteiger partial charge in [0.05, 0.1) is 0 Å². The fourth-order valence-corrected chi connectivity index (χ4v) is 4.08. The number of pyridine rings is 1. The number of aromatic nitrogens is 1. The van der Waals surface area contributed by atoms with E-state index >= 15 is 0 Å². The van der Waals surface area contributed by atoms with Gasteiger partial charge in [-0.2, -0.15) is 11.8 Å². The molecule has 1 unspecified atom stereocenters. The lowest BCUT2D eigenvalue weighted by Gasteiger charge is -2.41. The molecule has 2 rings (SSSR count). The second-order valence-corrected chi connectivity index (χ2v) is 7.20. The summed E-state index contributed by atoms with van der Waals surface area (Å²) in [6.45, 7) is 9.77. The lowest BCUT2D eigenvalue weighted by Crippen LogP contribution is -2.44. The third-order valence-electron chi connectivity index (χ3n) is 4.45. The Morgan fingerprint density at radius 2 is 2.05 bits per heavy atom. The summed E-state index contributed by atoms with van der Waals surface area (Å²) >= 11 is 2.03. The second kappa shape index (κ2) is 5.84. The number of thioether (sulfide) groups is 1. The van der Waals surface area contributed by atoms with Crippen LogP contribution in [-0.2, 0) is 0 Å². The highest BCUT2D eigenvalue weighted by Gasteiger charge is 2.36. The van der Waals surface area contributed by atoms with Crippen LogP contribution in [0.1, 0.15) is 54.7 Å². The van der Waals surface area contributed by atoms with E-state index in [2.05, 4.69) is 50.3 Å². The smallest absolute Gasteiger partial charge is 0.0426 e. The van der Waals surface area contributed by atoms with Crippen LogP contribution < -0.4 is 5.32 Å². The topological polar surface area (TPSA) is 24.9 Å². The molecule has 1 aromatic rings. The Hall–Kier alpha value is -0.540. The van der Waals surface area contributed by atoms with E-state index in [0.29, 0.717) is 10.8 Å². The SMILES string of the molecule is CSC1(CNC(C)c2c(C)cc(C)nc2C)CCC1. The van der Waals surface area contributed by atoms with E-state index in [1.54, 1.807) is 0 Å². The lowest BCUT2D eigenvalue weighted by molar-refractivity contribution is 0.334. The number of nitrogens with zero attached hydrogens (tertiary/aromatic N) is 1. The lowest BCUT2D eigenvalue weighted by atomic mass is 9.84. The van der Waals surface area contributed by atoms with Crippen LogP contribution in [0.3, 0.4) is 0 Å². The molecule has 0 aliphatic heterocycles. The van der Waals surface area contributed by atoms with Crippen LogP contribution in [0.2, 0.25) is 0 Å². The van der Waals surface area contributed by atoms with Crippen LogP contribution >= 0.6 is 11.8 Å². The first kappa shape index (κ1) is 14.9. The van der Waals surface area contributed by atoms with Crippen molar-refractivity contribution >= 4 is 11.8 Å². The van der Waals surface area contributed by atoms with Gasteiger partial charge in [0.15, 0.2) is 0 Å². The maximum Gasteiger partial charge on any atom is 0.0426 e. The van der Waals surface area contributed by atoms with E-state index in [9.17, 15) is 0 Å². The van der Waals surface area contributed by atoms with Gasteiger partial charge < -0.3 is 5.32 Å². The molecule has 106 valence electrons. The predicted molar refractivity (Wildman–Crippen MR) is 85.0 cm³/mol. The van der Waals surface area contributed by atoms with Gasteiger partial charge in [-0.05, 0) is 64.0 Å². The largest absolute Gasteiger partial charge is 0.309 e. The molecule has 1 N–H and O–H groups in total. The molecule has 0 aromatic carbocycles. The van der Waals surface area contributed by atoms with Crippen LogP contribution in [0.25, 0.3) is 0 Å². The minimum absolute atomic E-state index is 0.387. The number of aryl methyl sites for hydroxylation is 3. The molecule has 0 bridgehead atoms. The molecule has 1 aliphatic carbocycles. The zero-order valence-electron chi connectivity index (χ0n) is 12.8. The van der Waals surface area contributed by atoms with Gasteiger partial charge in [0.25, 0.3) is 0 Å². The van der Waals surface area contributed by atoms with E-state index in [1.165, 1.54) is 36.1 Å². The fraction of sp³-hybridized carbons (Fsp3) is 0.688. The van der Waals surface area contributed by atoms with E-state index in [1.807, 2.05) is 11.8 Å². The van der Waals surface area contributed by atoms with Crippen LogP contribution in [0, 0.1) is 20.8 Å². The minimum Gasteiger partial charge on any atom is -0.309 e. The summed E-state index contributed by atoms with van der Waals surface area (Å²) < 4.78 is 0.494. The second-order valence-electron chi connectivity index (χ2n) is 5.92. The van der Waals surface area contributed by atoms with Gasteiger partial charge in [0.1, 0.15) is 0 Å². The molecule has 1 saturated carbocycles.